The fourth-order valence-corrected chi connectivity index (χ4v) is 1.77. The molecule has 0 N–H and O–H groups in total. The van der Waals surface area contributed by atoms with Gasteiger partial charge in [0.25, 0.3) is 0 Å². The van der Waals surface area contributed by atoms with Gasteiger partial charge in [-0.25, -0.2) is 0 Å². The van der Waals surface area contributed by atoms with E-state index in [9.17, 15) is 0 Å². The highest BCUT2D eigenvalue weighted by Crippen LogP contribution is 2.11. The first-order valence-electron chi connectivity index (χ1n) is 7.16. The van der Waals surface area contributed by atoms with Crippen molar-refractivity contribution in [2.24, 2.45) is 0 Å². The summed E-state index contributed by atoms with van der Waals surface area (Å²) >= 11 is 0. The van der Waals surface area contributed by atoms with Gasteiger partial charge >= 0.3 is 0 Å². The van der Waals surface area contributed by atoms with Crippen molar-refractivity contribution in [3.05, 3.63) is 0 Å². The standard InChI is InChI=1S/C14H31NO2/c1-6-9-10-15(13(4)16-11-7-2)14(5)17-12-8-3/h13-14H,6-12H2,1-5H3. The van der Waals surface area contributed by atoms with Gasteiger partial charge in [-0.2, -0.15) is 0 Å². The summed E-state index contributed by atoms with van der Waals surface area (Å²) in [6, 6.07) is 0. The minimum absolute atomic E-state index is 0.147. The van der Waals surface area contributed by atoms with Crippen LogP contribution >= 0.6 is 0 Å². The SMILES string of the molecule is CCCCN(C(C)OCCC)C(C)OCCC. The minimum atomic E-state index is 0.147. The number of rotatable bonds is 11. The van der Waals surface area contributed by atoms with Gasteiger partial charge in [0.05, 0.1) is 0 Å². The lowest BCUT2D eigenvalue weighted by molar-refractivity contribution is -0.140. The molecule has 0 fully saturated rings. The van der Waals surface area contributed by atoms with Crippen molar-refractivity contribution in [1.82, 2.24) is 4.90 Å². The van der Waals surface area contributed by atoms with Crippen LogP contribution in [-0.2, 0) is 9.47 Å². The van der Waals surface area contributed by atoms with Crippen LogP contribution in [0.15, 0.2) is 0 Å². The largest absolute Gasteiger partial charge is 0.363 e. The summed E-state index contributed by atoms with van der Waals surface area (Å²) < 4.78 is 11.6. The Balaban J connectivity index is 4.17. The maximum atomic E-state index is 5.80. The normalized spacial score (nSPS) is 15.2. The first-order valence-corrected chi connectivity index (χ1v) is 7.16. The zero-order valence-corrected chi connectivity index (χ0v) is 12.4. The lowest BCUT2D eigenvalue weighted by Gasteiger charge is -2.34. The molecule has 0 spiro atoms. The quantitative estimate of drug-likeness (QED) is 0.519. The summed E-state index contributed by atoms with van der Waals surface area (Å²) in [5.41, 5.74) is 0. The van der Waals surface area contributed by atoms with Gasteiger partial charge in [0.1, 0.15) is 12.5 Å². The number of ether oxygens (including phenoxy) is 2. The molecule has 2 unspecified atom stereocenters. The molecule has 0 saturated heterocycles. The predicted molar refractivity (Wildman–Crippen MR) is 73.0 cm³/mol. The molecular formula is C14H31NO2. The molecule has 0 aliphatic heterocycles. The third-order valence-electron chi connectivity index (χ3n) is 2.83. The Morgan fingerprint density at radius 2 is 1.29 bits per heavy atom. The van der Waals surface area contributed by atoms with Crippen molar-refractivity contribution in [1.29, 1.82) is 0 Å². The van der Waals surface area contributed by atoms with Gasteiger partial charge in [0.2, 0.25) is 0 Å². The Morgan fingerprint density at radius 3 is 1.65 bits per heavy atom. The molecule has 0 amide bonds. The van der Waals surface area contributed by atoms with E-state index in [1.54, 1.807) is 0 Å². The summed E-state index contributed by atoms with van der Waals surface area (Å²) in [5.74, 6) is 0. The molecule has 104 valence electrons. The summed E-state index contributed by atoms with van der Waals surface area (Å²) in [7, 11) is 0. The summed E-state index contributed by atoms with van der Waals surface area (Å²) in [4.78, 5) is 2.31. The van der Waals surface area contributed by atoms with Crippen LogP contribution in [-0.4, -0.2) is 37.1 Å². The topological polar surface area (TPSA) is 21.7 Å². The molecule has 17 heavy (non-hydrogen) atoms. The zero-order valence-electron chi connectivity index (χ0n) is 12.4. The molecule has 0 aromatic carbocycles. The Morgan fingerprint density at radius 1 is 0.824 bits per heavy atom. The highest BCUT2D eigenvalue weighted by atomic mass is 16.5. The van der Waals surface area contributed by atoms with Crippen molar-refractivity contribution in [3.63, 3.8) is 0 Å². The van der Waals surface area contributed by atoms with Gasteiger partial charge in [0, 0.05) is 19.8 Å². The van der Waals surface area contributed by atoms with E-state index in [0.717, 1.165) is 32.6 Å². The van der Waals surface area contributed by atoms with E-state index in [-0.39, 0.29) is 12.5 Å². The van der Waals surface area contributed by atoms with E-state index in [1.807, 2.05) is 0 Å². The van der Waals surface area contributed by atoms with E-state index in [2.05, 4.69) is 39.5 Å². The highest BCUT2D eigenvalue weighted by Gasteiger charge is 2.20. The molecule has 3 heteroatoms. The number of hydrogen-bond acceptors (Lipinski definition) is 3. The molecule has 3 nitrogen and oxygen atoms in total. The van der Waals surface area contributed by atoms with Crippen molar-refractivity contribution in [2.75, 3.05) is 19.8 Å². The second kappa shape index (κ2) is 11.0. The highest BCUT2D eigenvalue weighted by molar-refractivity contribution is 4.62. The van der Waals surface area contributed by atoms with E-state index in [1.165, 1.54) is 12.8 Å². The van der Waals surface area contributed by atoms with Gasteiger partial charge in [-0.3, -0.25) is 4.90 Å². The molecule has 0 aromatic heterocycles. The maximum Gasteiger partial charge on any atom is 0.109 e. The summed E-state index contributed by atoms with van der Waals surface area (Å²) in [6.07, 6.45) is 4.82. The number of hydrogen-bond donors (Lipinski definition) is 0. The van der Waals surface area contributed by atoms with Crippen LogP contribution in [0, 0.1) is 0 Å². The monoisotopic (exact) mass is 245 g/mol. The van der Waals surface area contributed by atoms with E-state index in [4.69, 9.17) is 9.47 Å². The van der Waals surface area contributed by atoms with Gasteiger partial charge in [0.15, 0.2) is 0 Å². The second-order valence-electron chi connectivity index (χ2n) is 4.53. The first kappa shape index (κ1) is 16.9. The summed E-state index contributed by atoms with van der Waals surface area (Å²) in [6.45, 7) is 13.4. The van der Waals surface area contributed by atoms with E-state index in [0.29, 0.717) is 0 Å². The smallest absolute Gasteiger partial charge is 0.109 e. The fourth-order valence-electron chi connectivity index (χ4n) is 1.77. The van der Waals surface area contributed by atoms with Crippen LogP contribution in [0.4, 0.5) is 0 Å². The molecule has 0 bridgehead atoms. The van der Waals surface area contributed by atoms with Crippen molar-refractivity contribution < 1.29 is 9.47 Å². The molecule has 0 aliphatic rings. The number of nitrogens with zero attached hydrogens (tertiary/aromatic N) is 1. The van der Waals surface area contributed by atoms with Crippen LogP contribution in [0.3, 0.4) is 0 Å². The van der Waals surface area contributed by atoms with Gasteiger partial charge in [-0.05, 0) is 33.1 Å². The second-order valence-corrected chi connectivity index (χ2v) is 4.53. The summed E-state index contributed by atoms with van der Waals surface area (Å²) in [5, 5.41) is 0. The zero-order chi connectivity index (χ0) is 13.1. The molecule has 0 radical (unpaired) electrons. The minimum Gasteiger partial charge on any atom is -0.363 e. The predicted octanol–water partition coefficient (Wildman–Crippen LogP) is 3.63. The molecule has 0 saturated carbocycles. The number of unbranched alkanes of at least 4 members (excludes halogenated alkanes) is 1. The van der Waals surface area contributed by atoms with Crippen molar-refractivity contribution in [2.45, 2.75) is 72.8 Å². The van der Waals surface area contributed by atoms with Gasteiger partial charge in [-0.1, -0.05) is 27.2 Å². The third-order valence-corrected chi connectivity index (χ3v) is 2.83. The lowest BCUT2D eigenvalue weighted by atomic mass is 10.3. The molecule has 0 heterocycles. The van der Waals surface area contributed by atoms with Gasteiger partial charge in [-0.15, -0.1) is 0 Å². The first-order chi connectivity index (χ1) is 8.17. The van der Waals surface area contributed by atoms with Crippen LogP contribution in [0.1, 0.15) is 60.3 Å². The van der Waals surface area contributed by atoms with Crippen LogP contribution in [0.2, 0.25) is 0 Å². The third kappa shape index (κ3) is 7.74. The fraction of sp³-hybridized carbons (Fsp3) is 1.00. The molecule has 0 rings (SSSR count). The van der Waals surface area contributed by atoms with Crippen LogP contribution in [0.5, 0.6) is 0 Å². The molecule has 2 atom stereocenters. The average Bonchev–Trinajstić information content (AvgIpc) is 2.34. The van der Waals surface area contributed by atoms with Crippen molar-refractivity contribution in [3.8, 4) is 0 Å². The van der Waals surface area contributed by atoms with Crippen molar-refractivity contribution >= 4 is 0 Å². The van der Waals surface area contributed by atoms with E-state index >= 15 is 0 Å². The Kier molecular flexibility index (Phi) is 10.9. The molecular weight excluding hydrogens is 214 g/mol. The Bertz CT molecular complexity index is 150. The van der Waals surface area contributed by atoms with Crippen LogP contribution < -0.4 is 0 Å². The van der Waals surface area contributed by atoms with Gasteiger partial charge < -0.3 is 9.47 Å². The average molecular weight is 245 g/mol. The van der Waals surface area contributed by atoms with E-state index < -0.39 is 0 Å². The molecule has 0 aliphatic carbocycles. The Hall–Kier alpha value is -0.120. The Labute approximate surface area is 107 Å². The van der Waals surface area contributed by atoms with Crippen LogP contribution in [0.25, 0.3) is 0 Å². The molecule has 0 aromatic rings. The maximum absolute atomic E-state index is 5.80. The lowest BCUT2D eigenvalue weighted by Crippen LogP contribution is -2.44.